The number of carbonyl (C=O) groups excluding carboxylic acids is 2. The summed E-state index contributed by atoms with van der Waals surface area (Å²) < 4.78 is 16.6. The normalized spacial score (nSPS) is 20.7. The first-order valence-electron chi connectivity index (χ1n) is 10.7. The van der Waals surface area contributed by atoms with Crippen LogP contribution < -0.4 is 5.32 Å². The van der Waals surface area contributed by atoms with Crippen molar-refractivity contribution in [2.45, 2.75) is 32.4 Å². The van der Waals surface area contributed by atoms with Gasteiger partial charge in [0.1, 0.15) is 11.6 Å². The highest BCUT2D eigenvalue weighted by atomic mass is 35.5. The fourth-order valence-corrected chi connectivity index (χ4v) is 5.18. The number of amides is 2. The third kappa shape index (κ3) is 3.42. The van der Waals surface area contributed by atoms with Gasteiger partial charge in [0, 0.05) is 44.3 Å². The Hall–Kier alpha value is -2.45. The molecule has 2 amide bonds. The summed E-state index contributed by atoms with van der Waals surface area (Å²) in [7, 11) is 2.00. The number of aromatic nitrogens is 2. The fourth-order valence-electron chi connectivity index (χ4n) is 5.02. The van der Waals surface area contributed by atoms with Gasteiger partial charge in [-0.25, -0.2) is 9.37 Å². The van der Waals surface area contributed by atoms with Crippen molar-refractivity contribution in [1.29, 1.82) is 0 Å². The second-order valence-electron chi connectivity index (χ2n) is 8.82. The van der Waals surface area contributed by atoms with Crippen molar-refractivity contribution >= 4 is 23.4 Å². The average Bonchev–Trinajstić information content (AvgIpc) is 3.29. The van der Waals surface area contributed by atoms with Crippen LogP contribution in [0.5, 0.6) is 0 Å². The maximum Gasteiger partial charge on any atom is 0.274 e. The molecule has 1 spiro atoms. The van der Waals surface area contributed by atoms with E-state index in [1.165, 1.54) is 6.07 Å². The van der Waals surface area contributed by atoms with E-state index < -0.39 is 5.82 Å². The predicted octanol–water partition coefficient (Wildman–Crippen LogP) is 2.53. The van der Waals surface area contributed by atoms with Gasteiger partial charge in [0.2, 0.25) is 5.91 Å². The highest BCUT2D eigenvalue weighted by Gasteiger charge is 2.45. The summed E-state index contributed by atoms with van der Waals surface area (Å²) in [4.78, 5) is 34.3. The fraction of sp³-hybridized carbons (Fsp3) is 0.500. The molecule has 5 rings (SSSR count). The number of likely N-dealkylation sites (tertiary alicyclic amines) is 1. The molecule has 0 aliphatic carbocycles. The maximum atomic E-state index is 14.7. The zero-order valence-corrected chi connectivity index (χ0v) is 18.2. The van der Waals surface area contributed by atoms with Crippen LogP contribution in [-0.4, -0.2) is 64.4 Å². The van der Waals surface area contributed by atoms with Gasteiger partial charge in [-0.15, -0.1) is 0 Å². The SMILES string of the molecule is CN1CCn2c(-c3ccc(Cl)cc3F)nc(C(=O)N3CCC4(CCNC4=O)CC3)c2C1. The summed E-state index contributed by atoms with van der Waals surface area (Å²) in [5.74, 6) is -0.0244. The van der Waals surface area contributed by atoms with Gasteiger partial charge in [0.25, 0.3) is 5.91 Å². The summed E-state index contributed by atoms with van der Waals surface area (Å²) in [6.45, 7) is 3.76. The molecular weight excluding hydrogens is 421 g/mol. The van der Waals surface area contributed by atoms with E-state index in [1.54, 1.807) is 17.0 Å². The maximum absolute atomic E-state index is 14.7. The quantitative estimate of drug-likeness (QED) is 0.771. The first-order valence-corrected chi connectivity index (χ1v) is 11.1. The number of halogens is 2. The minimum absolute atomic E-state index is 0.112. The van der Waals surface area contributed by atoms with Crippen molar-refractivity contribution in [3.8, 4) is 11.4 Å². The molecule has 2 saturated heterocycles. The highest BCUT2D eigenvalue weighted by Crippen LogP contribution is 2.38. The predicted molar refractivity (Wildman–Crippen MR) is 114 cm³/mol. The third-order valence-corrected chi connectivity index (χ3v) is 7.19. The van der Waals surface area contributed by atoms with E-state index >= 15 is 0 Å². The molecule has 2 fully saturated rings. The zero-order chi connectivity index (χ0) is 21.8. The van der Waals surface area contributed by atoms with Crippen molar-refractivity contribution < 1.29 is 14.0 Å². The number of likely N-dealkylation sites (N-methyl/N-ethyl adjacent to an activating group) is 1. The van der Waals surface area contributed by atoms with Crippen LogP contribution in [0, 0.1) is 11.2 Å². The molecule has 0 bridgehead atoms. The number of carbonyl (C=O) groups is 2. The molecule has 164 valence electrons. The Kier molecular flexibility index (Phi) is 5.01. The Labute approximate surface area is 185 Å². The molecule has 1 N–H and O–H groups in total. The molecule has 9 heteroatoms. The van der Waals surface area contributed by atoms with Crippen LogP contribution in [0.15, 0.2) is 18.2 Å². The molecule has 1 aromatic carbocycles. The zero-order valence-electron chi connectivity index (χ0n) is 17.5. The van der Waals surface area contributed by atoms with E-state index in [0.717, 1.165) is 18.7 Å². The van der Waals surface area contributed by atoms with Crippen molar-refractivity contribution in [3.63, 3.8) is 0 Å². The highest BCUT2D eigenvalue weighted by molar-refractivity contribution is 6.30. The Morgan fingerprint density at radius 3 is 2.65 bits per heavy atom. The Morgan fingerprint density at radius 2 is 1.97 bits per heavy atom. The first-order chi connectivity index (χ1) is 14.9. The van der Waals surface area contributed by atoms with Gasteiger partial charge < -0.3 is 14.8 Å². The number of fused-ring (bicyclic) bond motifs is 1. The van der Waals surface area contributed by atoms with Crippen LogP contribution in [0.1, 0.15) is 35.4 Å². The van der Waals surface area contributed by atoms with Crippen LogP contribution >= 0.6 is 11.6 Å². The largest absolute Gasteiger partial charge is 0.356 e. The lowest BCUT2D eigenvalue weighted by Gasteiger charge is -2.37. The summed E-state index contributed by atoms with van der Waals surface area (Å²) in [5.41, 5.74) is 1.20. The van der Waals surface area contributed by atoms with Crippen molar-refractivity contribution in [2.75, 3.05) is 33.2 Å². The third-order valence-electron chi connectivity index (χ3n) is 6.95. The molecule has 7 nitrogen and oxygen atoms in total. The smallest absolute Gasteiger partial charge is 0.274 e. The summed E-state index contributed by atoms with van der Waals surface area (Å²) >= 11 is 5.92. The van der Waals surface area contributed by atoms with E-state index in [9.17, 15) is 14.0 Å². The number of hydrogen-bond acceptors (Lipinski definition) is 4. The van der Waals surface area contributed by atoms with Gasteiger partial charge in [0.15, 0.2) is 5.69 Å². The molecule has 0 radical (unpaired) electrons. The number of benzene rings is 1. The van der Waals surface area contributed by atoms with E-state index in [-0.39, 0.29) is 17.2 Å². The van der Waals surface area contributed by atoms with Gasteiger partial charge in [-0.1, -0.05) is 11.6 Å². The molecule has 0 saturated carbocycles. The van der Waals surface area contributed by atoms with Crippen LogP contribution in [-0.2, 0) is 17.9 Å². The monoisotopic (exact) mass is 445 g/mol. The molecule has 3 aliphatic heterocycles. The Morgan fingerprint density at radius 1 is 1.19 bits per heavy atom. The minimum Gasteiger partial charge on any atom is -0.356 e. The second-order valence-corrected chi connectivity index (χ2v) is 9.26. The lowest BCUT2D eigenvalue weighted by Crippen LogP contribution is -2.46. The van der Waals surface area contributed by atoms with Gasteiger partial charge in [-0.3, -0.25) is 14.5 Å². The van der Waals surface area contributed by atoms with E-state index in [4.69, 9.17) is 11.6 Å². The molecule has 2 aromatic rings. The minimum atomic E-state index is -0.453. The summed E-state index contributed by atoms with van der Waals surface area (Å²) in [6.07, 6.45) is 2.16. The number of hydrogen-bond donors (Lipinski definition) is 1. The number of nitrogens with one attached hydrogen (secondary N) is 1. The Balaban J connectivity index is 1.47. The summed E-state index contributed by atoms with van der Waals surface area (Å²) in [6, 6.07) is 4.52. The summed E-state index contributed by atoms with van der Waals surface area (Å²) in [5, 5.41) is 3.24. The van der Waals surface area contributed by atoms with E-state index in [1.807, 2.05) is 11.6 Å². The molecule has 1 aromatic heterocycles. The lowest BCUT2D eigenvalue weighted by molar-refractivity contribution is -0.129. The molecule has 3 aliphatic rings. The van der Waals surface area contributed by atoms with Crippen LogP contribution in [0.2, 0.25) is 5.02 Å². The lowest BCUT2D eigenvalue weighted by atomic mass is 9.77. The molecule has 0 unspecified atom stereocenters. The van der Waals surface area contributed by atoms with Gasteiger partial charge in [0.05, 0.1) is 16.7 Å². The first kappa shape index (κ1) is 20.5. The number of imidazole rings is 1. The van der Waals surface area contributed by atoms with E-state index in [2.05, 4.69) is 15.2 Å². The van der Waals surface area contributed by atoms with Crippen LogP contribution in [0.3, 0.4) is 0 Å². The van der Waals surface area contributed by atoms with Crippen LogP contribution in [0.25, 0.3) is 11.4 Å². The van der Waals surface area contributed by atoms with Gasteiger partial charge in [-0.2, -0.15) is 0 Å². The molecule has 31 heavy (non-hydrogen) atoms. The second kappa shape index (κ2) is 7.60. The number of rotatable bonds is 2. The standard InChI is InChI=1S/C22H25ClFN5O2/c1-27-10-11-29-17(13-27)18(26-19(29)15-3-2-14(23)12-16(15)24)20(30)28-8-5-22(6-9-28)4-7-25-21(22)31/h2-3,12H,4-11,13H2,1H3,(H,25,31). The van der Waals surface area contributed by atoms with Gasteiger partial charge >= 0.3 is 0 Å². The van der Waals surface area contributed by atoms with Gasteiger partial charge in [-0.05, 0) is 44.5 Å². The van der Waals surface area contributed by atoms with Crippen molar-refractivity contribution in [1.82, 2.24) is 24.7 Å². The van der Waals surface area contributed by atoms with Crippen molar-refractivity contribution in [3.05, 3.63) is 40.4 Å². The average molecular weight is 446 g/mol. The molecule has 4 heterocycles. The number of nitrogens with zero attached hydrogens (tertiary/aromatic N) is 4. The van der Waals surface area contributed by atoms with Crippen molar-refractivity contribution in [2.24, 2.45) is 5.41 Å². The Bertz CT molecular complexity index is 1060. The topological polar surface area (TPSA) is 70.5 Å². The van der Waals surface area contributed by atoms with E-state index in [0.29, 0.717) is 67.7 Å². The molecule has 0 atom stereocenters. The number of piperidine rings is 1. The molecular formula is C22H25ClFN5O2. The van der Waals surface area contributed by atoms with Crippen LogP contribution in [0.4, 0.5) is 4.39 Å².